The maximum atomic E-state index is 13.3. The normalized spacial score (nSPS) is 16.9. The average Bonchev–Trinajstić information content (AvgIpc) is 3.52. The summed E-state index contributed by atoms with van der Waals surface area (Å²) in [5.41, 5.74) is 12.0. The zero-order chi connectivity index (χ0) is 37.0. The van der Waals surface area contributed by atoms with Crippen LogP contribution < -0.4 is 26.7 Å². The van der Waals surface area contributed by atoms with Gasteiger partial charge < -0.3 is 52.3 Å². The SMILES string of the molecule is CN(CCNc1c[n+](CC2=C(C(=O)O)N3C(=O)[C@@H](NC(=O)/C(=N\OCC(=O)O)c4csc(N)n4)C3SC2)cnc1N)C(=O)c1ccc(O)c(O)c1. The number of phenols is 2. The number of aliphatic carboxylic acids is 2. The number of carbonyl (C=O) groups excluding carboxylic acids is 3. The first-order chi connectivity index (χ1) is 24.2. The molecular weight excluding hydrogens is 713 g/mol. The molecule has 1 unspecified atom stereocenters. The monoisotopic (exact) mass is 743 g/mol. The summed E-state index contributed by atoms with van der Waals surface area (Å²) in [5, 5.41) is 48.1. The number of benzene rings is 1. The van der Waals surface area contributed by atoms with Crippen LogP contribution >= 0.6 is 23.1 Å². The van der Waals surface area contributed by atoms with E-state index in [0.29, 0.717) is 11.3 Å². The van der Waals surface area contributed by atoms with Crippen LogP contribution in [0.25, 0.3) is 0 Å². The van der Waals surface area contributed by atoms with Crippen LogP contribution in [0.15, 0.2) is 52.5 Å². The summed E-state index contributed by atoms with van der Waals surface area (Å²) in [5.74, 6) is -5.14. The Bertz CT molecular complexity index is 1970. The van der Waals surface area contributed by atoms with Gasteiger partial charge in [-0.15, -0.1) is 23.1 Å². The molecule has 0 spiro atoms. The van der Waals surface area contributed by atoms with E-state index in [-0.39, 0.29) is 59.0 Å². The molecule has 268 valence electrons. The van der Waals surface area contributed by atoms with Crippen molar-refractivity contribution in [3.63, 3.8) is 0 Å². The van der Waals surface area contributed by atoms with Crippen molar-refractivity contribution in [2.75, 3.05) is 49.3 Å². The van der Waals surface area contributed by atoms with E-state index < -0.39 is 59.1 Å². The number of amides is 3. The van der Waals surface area contributed by atoms with Gasteiger partial charge in [0.15, 0.2) is 22.3 Å². The highest BCUT2D eigenvalue weighted by Gasteiger charge is 2.54. The number of nitrogen functional groups attached to an aromatic ring is 2. The third-order valence-electron chi connectivity index (χ3n) is 7.48. The van der Waals surface area contributed by atoms with Gasteiger partial charge in [0, 0.05) is 42.4 Å². The molecule has 10 N–H and O–H groups in total. The van der Waals surface area contributed by atoms with Crippen molar-refractivity contribution in [3.8, 4) is 11.5 Å². The number of carboxylic acids is 2. The van der Waals surface area contributed by atoms with Crippen molar-refractivity contribution in [2.45, 2.75) is 18.0 Å². The number of fused-ring (bicyclic) bond motifs is 1. The number of carbonyl (C=O) groups is 5. The third kappa shape index (κ3) is 8.02. The standard InChI is InChI=1S/C29H30N10O10S2/c1-37(25(45)13-2-3-17(40)18(41)6-13)5-4-32-15-8-38(12-33-23(15)30)7-14-10-50-27-21(26(46)39(27)22(14)28(47)48)35-24(44)20(36-49-9-19(42)43)16-11-51-29(31)34-16/h2-3,6,8,11-12,21,27,30,32H,4-5,7,9-10H2,1H3,(H7,31,34,35,36,40,41,42,43,44,45,47,48)/p+1/t21-,27?/m1/s1. The fourth-order valence-electron chi connectivity index (χ4n) is 5.02. The Balaban J connectivity index is 1.24. The molecule has 2 aliphatic rings. The molecule has 20 nitrogen and oxygen atoms in total. The molecule has 3 amide bonds. The molecule has 1 fully saturated rings. The molecule has 0 aliphatic carbocycles. The van der Waals surface area contributed by atoms with Gasteiger partial charge in [0.05, 0.1) is 0 Å². The van der Waals surface area contributed by atoms with Gasteiger partial charge in [-0.2, -0.15) is 0 Å². The summed E-state index contributed by atoms with van der Waals surface area (Å²) in [6.45, 7) is -0.356. The number of rotatable bonds is 14. The number of anilines is 3. The molecule has 1 saturated heterocycles. The van der Waals surface area contributed by atoms with Gasteiger partial charge in [-0.3, -0.25) is 19.3 Å². The predicted molar refractivity (Wildman–Crippen MR) is 180 cm³/mol. The highest BCUT2D eigenvalue weighted by Crippen LogP contribution is 2.40. The number of likely N-dealkylation sites (N-methyl/N-ethyl adjacent to an activating group) is 1. The second-order valence-electron chi connectivity index (χ2n) is 11.0. The van der Waals surface area contributed by atoms with E-state index in [1.54, 1.807) is 17.8 Å². The highest BCUT2D eigenvalue weighted by atomic mass is 32.2. The number of phenolic OH excluding ortho intramolecular Hbond substituents is 2. The zero-order valence-corrected chi connectivity index (χ0v) is 28.2. The van der Waals surface area contributed by atoms with Gasteiger partial charge in [-0.25, -0.2) is 19.1 Å². The number of nitrogens with two attached hydrogens (primary N) is 2. The number of nitrogens with one attached hydrogen (secondary N) is 2. The Labute approximate surface area is 296 Å². The number of thiazole rings is 1. The van der Waals surface area contributed by atoms with E-state index in [9.17, 15) is 39.3 Å². The minimum atomic E-state index is -1.35. The Hall–Kier alpha value is -6.16. The van der Waals surface area contributed by atoms with E-state index in [1.807, 2.05) is 0 Å². The summed E-state index contributed by atoms with van der Waals surface area (Å²) < 4.78 is 1.58. The van der Waals surface area contributed by atoms with Crippen molar-refractivity contribution in [1.82, 2.24) is 25.1 Å². The van der Waals surface area contributed by atoms with Crippen LogP contribution in [-0.2, 0) is 30.6 Å². The van der Waals surface area contributed by atoms with Gasteiger partial charge in [0.1, 0.15) is 41.2 Å². The van der Waals surface area contributed by atoms with E-state index >= 15 is 0 Å². The highest BCUT2D eigenvalue weighted by molar-refractivity contribution is 8.00. The first-order valence-corrected chi connectivity index (χ1v) is 16.7. The molecule has 4 heterocycles. The summed E-state index contributed by atoms with van der Waals surface area (Å²) in [4.78, 5) is 77.8. The van der Waals surface area contributed by atoms with Crippen molar-refractivity contribution < 1.29 is 53.8 Å². The fraction of sp³-hybridized carbons (Fsp3) is 0.276. The number of aromatic hydroxyl groups is 2. The van der Waals surface area contributed by atoms with E-state index in [4.69, 9.17) is 21.4 Å². The summed E-state index contributed by atoms with van der Waals surface area (Å²) in [6.07, 6.45) is 3.00. The maximum absolute atomic E-state index is 13.3. The second-order valence-corrected chi connectivity index (χ2v) is 13.0. The lowest BCUT2D eigenvalue weighted by Crippen LogP contribution is -2.71. The van der Waals surface area contributed by atoms with Gasteiger partial charge in [-0.1, -0.05) is 5.16 Å². The van der Waals surface area contributed by atoms with E-state index in [1.165, 1.54) is 40.5 Å². The lowest BCUT2D eigenvalue weighted by atomic mass is 10.0. The molecule has 0 radical (unpaired) electrons. The lowest BCUT2D eigenvalue weighted by molar-refractivity contribution is -0.691. The van der Waals surface area contributed by atoms with E-state index in [2.05, 4.69) is 25.8 Å². The average molecular weight is 744 g/mol. The summed E-state index contributed by atoms with van der Waals surface area (Å²) in [7, 11) is 1.56. The Morgan fingerprint density at radius 1 is 1.20 bits per heavy atom. The topological polar surface area (TPSA) is 300 Å². The van der Waals surface area contributed by atoms with Crippen LogP contribution in [0.2, 0.25) is 0 Å². The minimum absolute atomic E-state index is 0.00699. The van der Waals surface area contributed by atoms with Gasteiger partial charge in [0.2, 0.25) is 6.61 Å². The third-order valence-corrected chi connectivity index (χ3v) is 9.49. The number of hydrogen-bond donors (Lipinski definition) is 8. The number of hydrogen-bond acceptors (Lipinski definition) is 16. The molecule has 1 aromatic carbocycles. The number of β-lactam (4-membered cyclic amide) rings is 1. The summed E-state index contributed by atoms with van der Waals surface area (Å²) >= 11 is 2.22. The lowest BCUT2D eigenvalue weighted by Gasteiger charge is -2.49. The quantitative estimate of drug-likeness (QED) is 0.0317. The van der Waals surface area contributed by atoms with Crippen LogP contribution in [-0.4, -0.2) is 119 Å². The van der Waals surface area contributed by atoms with Crippen LogP contribution in [0, 0.1) is 0 Å². The van der Waals surface area contributed by atoms with Crippen LogP contribution in [0.3, 0.4) is 0 Å². The Morgan fingerprint density at radius 3 is 2.63 bits per heavy atom. The van der Waals surface area contributed by atoms with Gasteiger partial charge in [0.25, 0.3) is 29.9 Å². The number of nitrogens with zero attached hydrogens (tertiary/aromatic N) is 6. The number of thioether (sulfide) groups is 1. The summed E-state index contributed by atoms with van der Waals surface area (Å²) in [6, 6.07) is 2.62. The first-order valence-electron chi connectivity index (χ1n) is 14.7. The number of oxime groups is 1. The largest absolute Gasteiger partial charge is 0.504 e. The smallest absolute Gasteiger partial charge is 0.352 e. The molecular formula is C29H31N10O10S2+. The van der Waals surface area contributed by atoms with Crippen LogP contribution in [0.1, 0.15) is 16.1 Å². The minimum Gasteiger partial charge on any atom is -0.504 e. The van der Waals surface area contributed by atoms with Crippen molar-refractivity contribution in [3.05, 3.63) is 58.6 Å². The molecule has 0 saturated carbocycles. The van der Waals surface area contributed by atoms with Crippen molar-refractivity contribution >= 4 is 75.1 Å². The Morgan fingerprint density at radius 2 is 1.96 bits per heavy atom. The Kier molecular flexibility index (Phi) is 10.7. The number of aromatic nitrogens is 3. The van der Waals surface area contributed by atoms with Crippen LogP contribution in [0.5, 0.6) is 11.5 Å². The van der Waals surface area contributed by atoms with Crippen molar-refractivity contribution in [1.29, 1.82) is 0 Å². The fourth-order valence-corrected chi connectivity index (χ4v) is 6.90. The first kappa shape index (κ1) is 36.1. The predicted octanol–water partition coefficient (Wildman–Crippen LogP) is -1.17. The van der Waals surface area contributed by atoms with Crippen LogP contribution in [0.4, 0.5) is 16.6 Å². The molecule has 3 aromatic rings. The molecule has 2 atom stereocenters. The molecule has 51 heavy (non-hydrogen) atoms. The molecule has 2 aliphatic heterocycles. The number of carboxylic acid groups (broad SMARTS) is 2. The maximum Gasteiger partial charge on any atom is 0.352 e. The van der Waals surface area contributed by atoms with E-state index in [0.717, 1.165) is 22.3 Å². The van der Waals surface area contributed by atoms with Gasteiger partial charge in [-0.05, 0) is 23.2 Å². The molecule has 5 rings (SSSR count). The van der Waals surface area contributed by atoms with Gasteiger partial charge >= 0.3 is 11.9 Å². The molecule has 22 heteroatoms. The molecule has 0 bridgehead atoms. The second kappa shape index (κ2) is 15.2. The van der Waals surface area contributed by atoms with Crippen molar-refractivity contribution in [2.24, 2.45) is 5.16 Å². The molecule has 2 aromatic heterocycles. The zero-order valence-electron chi connectivity index (χ0n) is 26.5.